The zero-order valence-corrected chi connectivity index (χ0v) is 16.1. The normalized spacial score (nSPS) is 19.7. The molecule has 0 N–H and O–H groups in total. The lowest BCUT2D eigenvalue weighted by Crippen LogP contribution is -2.34. The highest BCUT2D eigenvalue weighted by molar-refractivity contribution is 5.76. The Morgan fingerprint density at radius 3 is 2.81 bits per heavy atom. The molecule has 2 aliphatic rings. The summed E-state index contributed by atoms with van der Waals surface area (Å²) in [4.78, 5) is 21.3. The van der Waals surface area contributed by atoms with Crippen LogP contribution in [0.15, 0.2) is 24.4 Å². The van der Waals surface area contributed by atoms with Crippen LogP contribution in [0.5, 0.6) is 5.75 Å². The quantitative estimate of drug-likeness (QED) is 0.808. The van der Waals surface area contributed by atoms with E-state index in [9.17, 15) is 4.79 Å². The van der Waals surface area contributed by atoms with Crippen LogP contribution in [0.1, 0.15) is 30.7 Å². The fraction of sp³-hybridized carbons (Fsp3) is 0.550. The number of aryl methyl sites for hydroxylation is 2. The van der Waals surface area contributed by atoms with Gasteiger partial charge in [0.2, 0.25) is 5.91 Å². The molecule has 4 heterocycles. The summed E-state index contributed by atoms with van der Waals surface area (Å²) in [5, 5.41) is 4.39. The van der Waals surface area contributed by atoms with Crippen molar-refractivity contribution < 1.29 is 9.53 Å². The number of anilines is 1. The van der Waals surface area contributed by atoms with Gasteiger partial charge in [-0.3, -0.25) is 9.48 Å². The second-order valence-corrected chi connectivity index (χ2v) is 7.47. The molecule has 1 atom stereocenters. The molecule has 0 saturated carbocycles. The van der Waals surface area contributed by atoms with Gasteiger partial charge in [0.25, 0.3) is 0 Å². The van der Waals surface area contributed by atoms with Crippen molar-refractivity contribution in [2.45, 2.75) is 45.8 Å². The van der Waals surface area contributed by atoms with Gasteiger partial charge in [-0.1, -0.05) is 0 Å². The molecule has 2 fully saturated rings. The minimum absolute atomic E-state index is 0.0138. The zero-order chi connectivity index (χ0) is 18.8. The van der Waals surface area contributed by atoms with E-state index >= 15 is 0 Å². The third-order valence-corrected chi connectivity index (χ3v) is 5.34. The van der Waals surface area contributed by atoms with E-state index in [0.29, 0.717) is 6.54 Å². The predicted octanol–water partition coefficient (Wildman–Crippen LogP) is 2.18. The highest BCUT2D eigenvalue weighted by atomic mass is 16.5. The highest BCUT2D eigenvalue weighted by Crippen LogP contribution is 2.30. The van der Waals surface area contributed by atoms with E-state index in [2.05, 4.69) is 15.0 Å². The molecule has 7 heteroatoms. The van der Waals surface area contributed by atoms with E-state index in [1.54, 1.807) is 4.68 Å². The van der Waals surface area contributed by atoms with Crippen LogP contribution in [0.25, 0.3) is 0 Å². The predicted molar refractivity (Wildman–Crippen MR) is 103 cm³/mol. The summed E-state index contributed by atoms with van der Waals surface area (Å²) in [5.74, 6) is 1.86. The largest absolute Gasteiger partial charge is 0.485 e. The number of hydrogen-bond acceptors (Lipinski definition) is 5. The van der Waals surface area contributed by atoms with Crippen LogP contribution in [0.2, 0.25) is 0 Å². The second kappa shape index (κ2) is 7.58. The summed E-state index contributed by atoms with van der Waals surface area (Å²) >= 11 is 0. The maximum atomic E-state index is 12.6. The molecule has 27 heavy (non-hydrogen) atoms. The Kier molecular flexibility index (Phi) is 5.01. The number of amides is 1. The summed E-state index contributed by atoms with van der Waals surface area (Å²) in [6.45, 7) is 7.62. The molecule has 2 saturated heterocycles. The van der Waals surface area contributed by atoms with Gasteiger partial charge in [-0.2, -0.15) is 5.10 Å². The van der Waals surface area contributed by atoms with E-state index < -0.39 is 0 Å². The van der Waals surface area contributed by atoms with E-state index in [-0.39, 0.29) is 18.6 Å². The summed E-state index contributed by atoms with van der Waals surface area (Å²) in [5.41, 5.74) is 1.95. The van der Waals surface area contributed by atoms with Crippen molar-refractivity contribution in [3.8, 4) is 5.75 Å². The van der Waals surface area contributed by atoms with Crippen LogP contribution in [-0.4, -0.2) is 57.9 Å². The van der Waals surface area contributed by atoms with Crippen LogP contribution in [0.4, 0.5) is 5.82 Å². The Labute approximate surface area is 159 Å². The van der Waals surface area contributed by atoms with Crippen molar-refractivity contribution in [1.82, 2.24) is 19.7 Å². The van der Waals surface area contributed by atoms with E-state index in [1.165, 1.54) is 12.8 Å². The lowest BCUT2D eigenvalue weighted by atomic mass is 10.3. The molecule has 2 aliphatic heterocycles. The standard InChI is InChI=1S/C20H27N5O2/c1-15-12-16(2)25(22-15)14-19(26)24-11-7-17(13-24)27-18-6-5-8-21-20(18)23-9-3-4-10-23/h5-6,8,12,17H,3-4,7,9-11,13-14H2,1-2H3/t17-/m1/s1. The molecule has 144 valence electrons. The molecule has 1 amide bonds. The summed E-state index contributed by atoms with van der Waals surface area (Å²) in [7, 11) is 0. The lowest BCUT2D eigenvalue weighted by Gasteiger charge is -2.22. The van der Waals surface area contributed by atoms with Crippen molar-refractivity contribution in [1.29, 1.82) is 0 Å². The molecule has 0 radical (unpaired) electrons. The lowest BCUT2D eigenvalue weighted by molar-refractivity contribution is -0.131. The SMILES string of the molecule is Cc1cc(C)n(CC(=O)N2CC[C@@H](Oc3cccnc3N3CCCC3)C2)n1. The molecule has 0 aromatic carbocycles. The molecule has 0 aliphatic carbocycles. The van der Waals surface area contributed by atoms with Crippen molar-refractivity contribution in [3.63, 3.8) is 0 Å². The average molecular weight is 369 g/mol. The van der Waals surface area contributed by atoms with Crippen molar-refractivity contribution in [2.75, 3.05) is 31.1 Å². The topological polar surface area (TPSA) is 63.5 Å². The zero-order valence-electron chi connectivity index (χ0n) is 16.1. The average Bonchev–Trinajstić information content (AvgIpc) is 3.38. The Hall–Kier alpha value is -2.57. The van der Waals surface area contributed by atoms with Gasteiger partial charge in [0.05, 0.1) is 12.2 Å². The highest BCUT2D eigenvalue weighted by Gasteiger charge is 2.29. The summed E-state index contributed by atoms with van der Waals surface area (Å²) in [6.07, 6.45) is 5.08. The fourth-order valence-electron chi connectivity index (χ4n) is 3.93. The number of pyridine rings is 1. The first kappa shape index (κ1) is 17.8. The minimum Gasteiger partial charge on any atom is -0.485 e. The second-order valence-electron chi connectivity index (χ2n) is 7.47. The van der Waals surface area contributed by atoms with Gasteiger partial charge in [-0.25, -0.2) is 4.98 Å². The van der Waals surface area contributed by atoms with Gasteiger partial charge >= 0.3 is 0 Å². The Morgan fingerprint density at radius 1 is 1.26 bits per heavy atom. The fourth-order valence-corrected chi connectivity index (χ4v) is 3.93. The molecule has 0 bridgehead atoms. The number of carbonyl (C=O) groups is 1. The molecule has 0 spiro atoms. The number of carbonyl (C=O) groups excluding carboxylic acids is 1. The summed E-state index contributed by atoms with van der Waals surface area (Å²) in [6, 6.07) is 5.89. The third-order valence-electron chi connectivity index (χ3n) is 5.34. The third kappa shape index (κ3) is 3.91. The number of nitrogens with zero attached hydrogens (tertiary/aromatic N) is 5. The van der Waals surface area contributed by atoms with Crippen LogP contribution >= 0.6 is 0 Å². The monoisotopic (exact) mass is 369 g/mol. The molecule has 7 nitrogen and oxygen atoms in total. The first-order valence-corrected chi connectivity index (χ1v) is 9.75. The van der Waals surface area contributed by atoms with Crippen molar-refractivity contribution in [3.05, 3.63) is 35.8 Å². The molecule has 4 rings (SSSR count). The van der Waals surface area contributed by atoms with Gasteiger partial charge in [-0.05, 0) is 44.9 Å². The maximum absolute atomic E-state index is 12.6. The van der Waals surface area contributed by atoms with Crippen LogP contribution in [0, 0.1) is 13.8 Å². The van der Waals surface area contributed by atoms with Gasteiger partial charge in [0, 0.05) is 37.9 Å². The molecule has 2 aromatic rings. The summed E-state index contributed by atoms with van der Waals surface area (Å²) < 4.78 is 8.03. The maximum Gasteiger partial charge on any atom is 0.244 e. The molecule has 2 aromatic heterocycles. The number of aromatic nitrogens is 3. The first-order chi connectivity index (χ1) is 13.1. The van der Waals surface area contributed by atoms with Crippen LogP contribution < -0.4 is 9.64 Å². The molecular weight excluding hydrogens is 342 g/mol. The van der Waals surface area contributed by atoms with Gasteiger partial charge in [0.1, 0.15) is 12.6 Å². The van der Waals surface area contributed by atoms with Crippen molar-refractivity contribution >= 4 is 11.7 Å². The Balaban J connectivity index is 1.37. The van der Waals surface area contributed by atoms with Gasteiger partial charge in [0.15, 0.2) is 11.6 Å². The van der Waals surface area contributed by atoms with E-state index in [4.69, 9.17) is 4.74 Å². The Bertz CT molecular complexity index is 812. The van der Waals surface area contributed by atoms with Gasteiger partial charge in [-0.15, -0.1) is 0 Å². The van der Waals surface area contributed by atoms with Crippen LogP contribution in [-0.2, 0) is 11.3 Å². The Morgan fingerprint density at radius 2 is 2.07 bits per heavy atom. The first-order valence-electron chi connectivity index (χ1n) is 9.75. The van der Waals surface area contributed by atoms with Crippen LogP contribution in [0.3, 0.4) is 0 Å². The molecular formula is C20H27N5O2. The smallest absolute Gasteiger partial charge is 0.244 e. The van der Waals surface area contributed by atoms with E-state index in [0.717, 1.165) is 49.0 Å². The number of ether oxygens (including phenoxy) is 1. The van der Waals surface area contributed by atoms with Crippen molar-refractivity contribution in [2.24, 2.45) is 0 Å². The number of hydrogen-bond donors (Lipinski definition) is 0. The number of likely N-dealkylation sites (tertiary alicyclic amines) is 1. The van der Waals surface area contributed by atoms with Gasteiger partial charge < -0.3 is 14.5 Å². The minimum atomic E-state index is 0.0138. The number of rotatable bonds is 5. The molecule has 0 unspecified atom stereocenters. The van der Waals surface area contributed by atoms with E-state index in [1.807, 2.05) is 43.1 Å².